The SMILES string of the molecule is CNCC1CCN(S(=O)(=O)c2cc(Cl)ccc2OC)C1. The van der Waals surface area contributed by atoms with Crippen LogP contribution in [-0.2, 0) is 10.0 Å². The smallest absolute Gasteiger partial charge is 0.246 e. The van der Waals surface area contributed by atoms with Crippen molar-refractivity contribution < 1.29 is 13.2 Å². The predicted molar refractivity (Wildman–Crippen MR) is 78.8 cm³/mol. The van der Waals surface area contributed by atoms with Gasteiger partial charge in [0, 0.05) is 18.1 Å². The van der Waals surface area contributed by atoms with Crippen LogP contribution in [0.2, 0.25) is 5.02 Å². The number of sulfonamides is 1. The fraction of sp³-hybridized carbons (Fsp3) is 0.538. The van der Waals surface area contributed by atoms with Crippen molar-refractivity contribution in [1.29, 1.82) is 0 Å². The predicted octanol–water partition coefficient (Wildman–Crippen LogP) is 1.58. The van der Waals surface area contributed by atoms with Crippen molar-refractivity contribution in [3.8, 4) is 5.75 Å². The van der Waals surface area contributed by atoms with Crippen LogP contribution in [0.15, 0.2) is 23.1 Å². The summed E-state index contributed by atoms with van der Waals surface area (Å²) in [5.41, 5.74) is 0. The molecule has 0 amide bonds. The zero-order valence-corrected chi connectivity index (χ0v) is 13.2. The molecule has 20 heavy (non-hydrogen) atoms. The van der Waals surface area contributed by atoms with Crippen molar-refractivity contribution in [3.63, 3.8) is 0 Å². The number of methoxy groups -OCH3 is 1. The summed E-state index contributed by atoms with van der Waals surface area (Å²) in [4.78, 5) is 0.137. The van der Waals surface area contributed by atoms with E-state index in [2.05, 4.69) is 5.32 Å². The highest BCUT2D eigenvalue weighted by molar-refractivity contribution is 7.89. The summed E-state index contributed by atoms with van der Waals surface area (Å²) in [6.45, 7) is 1.88. The molecule has 112 valence electrons. The number of nitrogens with zero attached hydrogens (tertiary/aromatic N) is 1. The van der Waals surface area contributed by atoms with Crippen LogP contribution in [0.25, 0.3) is 0 Å². The molecule has 7 heteroatoms. The number of hydrogen-bond acceptors (Lipinski definition) is 4. The lowest BCUT2D eigenvalue weighted by Gasteiger charge is -2.18. The lowest BCUT2D eigenvalue weighted by molar-refractivity contribution is 0.397. The largest absolute Gasteiger partial charge is 0.495 e. The molecule has 0 bridgehead atoms. The Hall–Kier alpha value is -0.820. The highest BCUT2D eigenvalue weighted by Crippen LogP contribution is 2.32. The van der Waals surface area contributed by atoms with Gasteiger partial charge in [0.05, 0.1) is 7.11 Å². The van der Waals surface area contributed by atoms with Crippen molar-refractivity contribution in [2.24, 2.45) is 5.92 Å². The molecule has 1 N–H and O–H groups in total. The first kappa shape index (κ1) is 15.6. The standard InChI is InChI=1S/C13H19ClN2O3S/c1-15-8-10-5-6-16(9-10)20(17,18)13-7-11(14)3-4-12(13)19-2/h3-4,7,10,15H,5-6,8-9H2,1-2H3. The molecule has 2 rings (SSSR count). The first-order valence-corrected chi connectivity index (χ1v) is 8.29. The third-order valence-corrected chi connectivity index (χ3v) is 5.61. The van der Waals surface area contributed by atoms with E-state index in [-0.39, 0.29) is 4.90 Å². The Bertz CT molecular complexity index is 577. The molecule has 1 atom stereocenters. The minimum Gasteiger partial charge on any atom is -0.495 e. The van der Waals surface area contributed by atoms with Crippen LogP contribution in [-0.4, -0.2) is 46.5 Å². The van der Waals surface area contributed by atoms with Crippen LogP contribution in [0.3, 0.4) is 0 Å². The third kappa shape index (κ3) is 3.09. The van der Waals surface area contributed by atoms with Gasteiger partial charge in [0.15, 0.2) is 0 Å². The minimum absolute atomic E-state index is 0.137. The van der Waals surface area contributed by atoms with Crippen LogP contribution >= 0.6 is 11.6 Å². The van der Waals surface area contributed by atoms with E-state index in [1.54, 1.807) is 12.1 Å². The maximum absolute atomic E-state index is 12.7. The van der Waals surface area contributed by atoms with Gasteiger partial charge in [0.2, 0.25) is 10.0 Å². The number of halogens is 1. The first-order valence-electron chi connectivity index (χ1n) is 6.47. The summed E-state index contributed by atoms with van der Waals surface area (Å²) >= 11 is 5.92. The summed E-state index contributed by atoms with van der Waals surface area (Å²) in [7, 11) is -0.232. The molecule has 1 saturated heterocycles. The normalized spacial score (nSPS) is 20.2. The number of benzene rings is 1. The van der Waals surface area contributed by atoms with E-state index < -0.39 is 10.0 Å². The van der Waals surface area contributed by atoms with Crippen LogP contribution in [0.1, 0.15) is 6.42 Å². The number of nitrogens with one attached hydrogen (secondary N) is 1. The molecule has 1 heterocycles. The first-order chi connectivity index (χ1) is 9.48. The van der Waals surface area contributed by atoms with E-state index in [0.29, 0.717) is 29.8 Å². The summed E-state index contributed by atoms with van der Waals surface area (Å²) in [6.07, 6.45) is 0.864. The summed E-state index contributed by atoms with van der Waals surface area (Å²) in [6, 6.07) is 4.64. The molecule has 1 fully saturated rings. The Morgan fingerprint density at radius 3 is 2.90 bits per heavy atom. The molecule has 1 aromatic carbocycles. The highest BCUT2D eigenvalue weighted by atomic mass is 35.5. The number of ether oxygens (including phenoxy) is 1. The molecule has 1 unspecified atom stereocenters. The van der Waals surface area contributed by atoms with E-state index in [0.717, 1.165) is 13.0 Å². The van der Waals surface area contributed by atoms with Gasteiger partial charge in [-0.2, -0.15) is 4.31 Å². The van der Waals surface area contributed by atoms with Crippen LogP contribution in [0, 0.1) is 5.92 Å². The molecule has 0 spiro atoms. The average molecular weight is 319 g/mol. The molecule has 0 radical (unpaired) electrons. The molecule has 5 nitrogen and oxygen atoms in total. The van der Waals surface area contributed by atoms with Crippen LogP contribution < -0.4 is 10.1 Å². The number of hydrogen-bond donors (Lipinski definition) is 1. The second-order valence-corrected chi connectivity index (χ2v) is 7.21. The lowest BCUT2D eigenvalue weighted by atomic mass is 10.1. The van der Waals surface area contributed by atoms with E-state index in [4.69, 9.17) is 16.3 Å². The summed E-state index contributed by atoms with van der Waals surface area (Å²) in [5.74, 6) is 0.673. The van der Waals surface area contributed by atoms with Gasteiger partial charge >= 0.3 is 0 Å². The van der Waals surface area contributed by atoms with E-state index in [9.17, 15) is 8.42 Å². The monoisotopic (exact) mass is 318 g/mol. The van der Waals surface area contributed by atoms with Gasteiger partial charge in [-0.05, 0) is 44.1 Å². The van der Waals surface area contributed by atoms with Crippen LogP contribution in [0.5, 0.6) is 5.75 Å². The zero-order valence-electron chi connectivity index (χ0n) is 11.6. The van der Waals surface area contributed by atoms with Gasteiger partial charge in [0.25, 0.3) is 0 Å². The average Bonchev–Trinajstić information content (AvgIpc) is 2.88. The van der Waals surface area contributed by atoms with Crippen molar-refractivity contribution in [2.45, 2.75) is 11.3 Å². The van der Waals surface area contributed by atoms with E-state index >= 15 is 0 Å². The van der Waals surface area contributed by atoms with Crippen molar-refractivity contribution in [2.75, 3.05) is 33.8 Å². The van der Waals surface area contributed by atoms with Gasteiger partial charge in [-0.3, -0.25) is 0 Å². The number of rotatable bonds is 5. The Morgan fingerprint density at radius 2 is 2.25 bits per heavy atom. The minimum atomic E-state index is -3.56. The van der Waals surface area contributed by atoms with E-state index in [1.807, 2.05) is 7.05 Å². The Balaban J connectivity index is 2.29. The maximum Gasteiger partial charge on any atom is 0.246 e. The second kappa shape index (κ2) is 6.30. The fourth-order valence-electron chi connectivity index (χ4n) is 2.46. The molecular formula is C13H19ClN2O3S. The second-order valence-electron chi connectivity index (χ2n) is 4.87. The summed E-state index contributed by atoms with van der Waals surface area (Å²) in [5, 5.41) is 3.47. The zero-order chi connectivity index (χ0) is 14.8. The Labute approximate surface area is 124 Å². The van der Waals surface area contributed by atoms with Crippen molar-refractivity contribution >= 4 is 21.6 Å². The topological polar surface area (TPSA) is 58.6 Å². The van der Waals surface area contributed by atoms with Gasteiger partial charge in [0.1, 0.15) is 10.6 Å². The Kier molecular flexibility index (Phi) is 4.90. The third-order valence-electron chi connectivity index (χ3n) is 3.48. The molecule has 0 aromatic heterocycles. The maximum atomic E-state index is 12.7. The van der Waals surface area contributed by atoms with Gasteiger partial charge < -0.3 is 10.1 Å². The fourth-order valence-corrected chi connectivity index (χ4v) is 4.41. The van der Waals surface area contributed by atoms with Gasteiger partial charge in [-0.25, -0.2) is 8.42 Å². The molecule has 1 aromatic rings. The molecule has 1 aliphatic rings. The van der Waals surface area contributed by atoms with Crippen LogP contribution in [0.4, 0.5) is 0 Å². The van der Waals surface area contributed by atoms with Gasteiger partial charge in [-0.1, -0.05) is 11.6 Å². The van der Waals surface area contributed by atoms with Gasteiger partial charge in [-0.15, -0.1) is 0 Å². The van der Waals surface area contributed by atoms with Crippen molar-refractivity contribution in [1.82, 2.24) is 9.62 Å². The highest BCUT2D eigenvalue weighted by Gasteiger charge is 2.34. The summed E-state index contributed by atoms with van der Waals surface area (Å²) < 4.78 is 32.0. The molecule has 0 saturated carbocycles. The molecular weight excluding hydrogens is 300 g/mol. The van der Waals surface area contributed by atoms with Crippen molar-refractivity contribution in [3.05, 3.63) is 23.2 Å². The molecule has 0 aliphatic carbocycles. The van der Waals surface area contributed by atoms with E-state index in [1.165, 1.54) is 17.5 Å². The quantitative estimate of drug-likeness (QED) is 0.895. The molecule has 1 aliphatic heterocycles. The Morgan fingerprint density at radius 1 is 1.50 bits per heavy atom. The lowest BCUT2D eigenvalue weighted by Crippen LogP contribution is -2.30.